The third kappa shape index (κ3) is 2.98. The first-order valence-corrected chi connectivity index (χ1v) is 8.43. The van der Waals surface area contributed by atoms with Crippen LogP contribution in [0.25, 0.3) is 10.1 Å². The zero-order chi connectivity index (χ0) is 15.0. The van der Waals surface area contributed by atoms with Crippen LogP contribution in [0.2, 0.25) is 0 Å². The summed E-state index contributed by atoms with van der Waals surface area (Å²) in [4.78, 5) is 3.58. The zero-order valence-electron chi connectivity index (χ0n) is 12.8. The lowest BCUT2D eigenvalue weighted by Gasteiger charge is -2.38. The molecular weight excluding hydrogens is 283 g/mol. The minimum absolute atomic E-state index is 0.116. The highest BCUT2D eigenvalue weighted by molar-refractivity contribution is 7.19. The van der Waals surface area contributed by atoms with Crippen LogP contribution in [0.3, 0.4) is 0 Å². The molecule has 1 aromatic heterocycles. The number of piperidine rings is 1. The molecule has 2 heterocycles. The first kappa shape index (κ1) is 14.9. The molecular formula is C17H23FN2S. The quantitative estimate of drug-likeness (QED) is 0.924. The van der Waals surface area contributed by atoms with Gasteiger partial charge >= 0.3 is 0 Å². The number of thiophene rings is 1. The third-order valence-electron chi connectivity index (χ3n) is 4.39. The van der Waals surface area contributed by atoms with Crippen LogP contribution in [0.1, 0.15) is 37.1 Å². The Balaban J connectivity index is 1.96. The standard InChI is InChI=1S/C17H23FN2S/c1-17(2)7-4-8-20(11-17)10-12-15(9-19)21-14-6-3-5-13(18)16(12)14/h3,5-6H,4,7-11,19H2,1-2H3. The number of nitrogens with two attached hydrogens (primary N) is 1. The number of rotatable bonds is 3. The van der Waals surface area contributed by atoms with Crippen molar-refractivity contribution in [3.8, 4) is 0 Å². The van der Waals surface area contributed by atoms with Crippen LogP contribution in [0.15, 0.2) is 18.2 Å². The first-order chi connectivity index (χ1) is 10.00. The highest BCUT2D eigenvalue weighted by atomic mass is 32.1. The number of hydrogen-bond donors (Lipinski definition) is 1. The maximum Gasteiger partial charge on any atom is 0.132 e. The van der Waals surface area contributed by atoms with Crippen LogP contribution in [0.4, 0.5) is 4.39 Å². The molecule has 4 heteroatoms. The smallest absolute Gasteiger partial charge is 0.132 e. The van der Waals surface area contributed by atoms with Crippen molar-refractivity contribution >= 4 is 21.4 Å². The Morgan fingerprint density at radius 1 is 1.38 bits per heavy atom. The molecule has 1 fully saturated rings. The Morgan fingerprint density at radius 2 is 2.19 bits per heavy atom. The van der Waals surface area contributed by atoms with Crippen molar-refractivity contribution in [2.45, 2.75) is 39.8 Å². The number of hydrogen-bond acceptors (Lipinski definition) is 3. The highest BCUT2D eigenvalue weighted by Gasteiger charge is 2.27. The summed E-state index contributed by atoms with van der Waals surface area (Å²) < 4.78 is 15.3. The lowest BCUT2D eigenvalue weighted by molar-refractivity contribution is 0.112. The van der Waals surface area contributed by atoms with E-state index in [1.807, 2.05) is 6.07 Å². The fourth-order valence-electron chi connectivity index (χ4n) is 3.45. The first-order valence-electron chi connectivity index (χ1n) is 7.61. The van der Waals surface area contributed by atoms with Crippen LogP contribution < -0.4 is 5.73 Å². The molecule has 0 saturated carbocycles. The molecule has 0 atom stereocenters. The SMILES string of the molecule is CC1(C)CCCN(Cc2c(CN)sc3cccc(F)c23)C1. The molecule has 1 aliphatic heterocycles. The predicted octanol–water partition coefficient (Wildman–Crippen LogP) is 4.12. The van der Waals surface area contributed by atoms with Gasteiger partial charge in [0.1, 0.15) is 5.82 Å². The molecule has 0 spiro atoms. The van der Waals surface area contributed by atoms with E-state index in [0.29, 0.717) is 12.0 Å². The average molecular weight is 306 g/mol. The van der Waals surface area contributed by atoms with Crippen LogP contribution in [0, 0.1) is 11.2 Å². The van der Waals surface area contributed by atoms with Gasteiger partial charge in [-0.2, -0.15) is 0 Å². The Morgan fingerprint density at radius 3 is 2.90 bits per heavy atom. The molecule has 1 aliphatic rings. The van der Waals surface area contributed by atoms with Crippen LogP contribution >= 0.6 is 11.3 Å². The van der Waals surface area contributed by atoms with Crippen molar-refractivity contribution in [2.75, 3.05) is 13.1 Å². The topological polar surface area (TPSA) is 29.3 Å². The molecule has 21 heavy (non-hydrogen) atoms. The van der Waals surface area contributed by atoms with Gasteiger partial charge in [0.25, 0.3) is 0 Å². The summed E-state index contributed by atoms with van der Waals surface area (Å²) in [5.74, 6) is -0.116. The molecule has 1 aromatic carbocycles. The average Bonchev–Trinajstić information content (AvgIpc) is 2.77. The van der Waals surface area contributed by atoms with Crippen LogP contribution in [0.5, 0.6) is 0 Å². The highest BCUT2D eigenvalue weighted by Crippen LogP contribution is 2.36. The Labute approximate surface area is 129 Å². The van der Waals surface area contributed by atoms with Crippen molar-refractivity contribution in [3.05, 3.63) is 34.5 Å². The second-order valence-electron chi connectivity index (χ2n) is 6.80. The van der Waals surface area contributed by atoms with E-state index in [-0.39, 0.29) is 5.82 Å². The van der Waals surface area contributed by atoms with Crippen LogP contribution in [-0.4, -0.2) is 18.0 Å². The van der Waals surface area contributed by atoms with Gasteiger partial charge in [-0.15, -0.1) is 11.3 Å². The molecule has 0 aliphatic carbocycles. The maximum absolute atomic E-state index is 14.2. The van der Waals surface area contributed by atoms with E-state index < -0.39 is 0 Å². The number of nitrogens with zero attached hydrogens (tertiary/aromatic N) is 1. The molecule has 2 N–H and O–H groups in total. The summed E-state index contributed by atoms with van der Waals surface area (Å²) in [7, 11) is 0. The van der Waals surface area contributed by atoms with Gasteiger partial charge in [-0.3, -0.25) is 4.90 Å². The largest absolute Gasteiger partial charge is 0.326 e. The van der Waals surface area contributed by atoms with Crippen molar-refractivity contribution in [2.24, 2.45) is 11.1 Å². The summed E-state index contributed by atoms with van der Waals surface area (Å²) in [6.07, 6.45) is 2.49. The minimum Gasteiger partial charge on any atom is -0.326 e. The summed E-state index contributed by atoms with van der Waals surface area (Å²) in [5.41, 5.74) is 7.35. The Hall–Kier alpha value is -0.970. The molecule has 0 bridgehead atoms. The van der Waals surface area contributed by atoms with Crippen molar-refractivity contribution in [1.29, 1.82) is 0 Å². The number of fused-ring (bicyclic) bond motifs is 1. The lowest BCUT2D eigenvalue weighted by atomic mass is 9.84. The summed E-state index contributed by atoms with van der Waals surface area (Å²) >= 11 is 1.63. The van der Waals surface area contributed by atoms with Crippen molar-refractivity contribution in [1.82, 2.24) is 4.90 Å². The predicted molar refractivity (Wildman–Crippen MR) is 88.0 cm³/mol. The second kappa shape index (κ2) is 5.67. The minimum atomic E-state index is -0.116. The van der Waals surface area contributed by atoms with E-state index in [0.717, 1.165) is 40.2 Å². The van der Waals surface area contributed by atoms with Gasteiger partial charge in [0.15, 0.2) is 0 Å². The fraction of sp³-hybridized carbons (Fsp3) is 0.529. The van der Waals surface area contributed by atoms with Gasteiger partial charge < -0.3 is 5.73 Å². The number of benzene rings is 1. The van der Waals surface area contributed by atoms with E-state index >= 15 is 0 Å². The zero-order valence-corrected chi connectivity index (χ0v) is 13.6. The molecule has 2 aromatic rings. The summed E-state index contributed by atoms with van der Waals surface area (Å²) in [5, 5.41) is 0.784. The molecule has 0 amide bonds. The monoisotopic (exact) mass is 306 g/mol. The van der Waals surface area contributed by atoms with E-state index in [1.165, 1.54) is 12.8 Å². The Bertz CT molecular complexity index is 648. The van der Waals surface area contributed by atoms with Gasteiger partial charge in [-0.1, -0.05) is 19.9 Å². The Kier molecular flexibility index (Phi) is 4.04. The number of likely N-dealkylation sites (tertiary alicyclic amines) is 1. The second-order valence-corrected chi connectivity index (χ2v) is 7.94. The molecule has 0 unspecified atom stereocenters. The fourth-order valence-corrected chi connectivity index (χ4v) is 4.56. The summed E-state index contributed by atoms with van der Waals surface area (Å²) in [6.45, 7) is 8.11. The molecule has 114 valence electrons. The van der Waals surface area contributed by atoms with Gasteiger partial charge in [0.05, 0.1) is 0 Å². The van der Waals surface area contributed by atoms with E-state index in [1.54, 1.807) is 23.5 Å². The molecule has 2 nitrogen and oxygen atoms in total. The van der Waals surface area contributed by atoms with E-state index in [9.17, 15) is 4.39 Å². The van der Waals surface area contributed by atoms with Crippen molar-refractivity contribution in [3.63, 3.8) is 0 Å². The molecule has 3 rings (SSSR count). The van der Waals surface area contributed by atoms with Gasteiger partial charge in [0.2, 0.25) is 0 Å². The third-order valence-corrected chi connectivity index (χ3v) is 5.61. The van der Waals surface area contributed by atoms with Gasteiger partial charge in [-0.25, -0.2) is 4.39 Å². The van der Waals surface area contributed by atoms with Crippen LogP contribution in [-0.2, 0) is 13.1 Å². The van der Waals surface area contributed by atoms with E-state index in [2.05, 4.69) is 18.7 Å². The van der Waals surface area contributed by atoms with E-state index in [4.69, 9.17) is 5.73 Å². The van der Waals surface area contributed by atoms with Gasteiger partial charge in [-0.05, 0) is 42.5 Å². The van der Waals surface area contributed by atoms with Crippen molar-refractivity contribution < 1.29 is 4.39 Å². The maximum atomic E-state index is 14.2. The molecule has 1 saturated heterocycles. The lowest BCUT2D eigenvalue weighted by Crippen LogP contribution is -2.39. The van der Waals surface area contributed by atoms with Gasteiger partial charge in [0, 0.05) is 34.6 Å². The molecule has 0 radical (unpaired) electrons. The normalized spacial score (nSPS) is 19.2. The number of halogens is 1. The summed E-state index contributed by atoms with van der Waals surface area (Å²) in [6, 6.07) is 5.33.